The first-order chi connectivity index (χ1) is 9.36. The molecule has 2 aliphatic heterocycles. The van der Waals surface area contributed by atoms with Crippen LogP contribution in [0.15, 0.2) is 0 Å². The summed E-state index contributed by atoms with van der Waals surface area (Å²) in [6, 6.07) is -0.931. The summed E-state index contributed by atoms with van der Waals surface area (Å²) in [6.45, 7) is 6.77. The van der Waals surface area contributed by atoms with Crippen LogP contribution in [-0.2, 0) is 9.59 Å². The third-order valence-electron chi connectivity index (χ3n) is 3.70. The Hall–Kier alpha value is -2.12. The van der Waals surface area contributed by atoms with E-state index in [-0.39, 0.29) is 6.03 Å². The Balaban J connectivity index is 2.54. The molecule has 0 aromatic carbocycles. The molecule has 0 bridgehead atoms. The molecule has 0 radical (unpaired) electrons. The third kappa shape index (κ3) is 1.67. The molecular weight excluding hydrogens is 264 g/mol. The minimum absolute atomic E-state index is 0.269. The second-order valence-electron chi connectivity index (χ2n) is 4.74. The van der Waals surface area contributed by atoms with E-state index >= 15 is 0 Å². The molecule has 6 amide bonds. The summed E-state index contributed by atoms with van der Waals surface area (Å²) in [7, 11) is 0. The van der Waals surface area contributed by atoms with Gasteiger partial charge in [0.2, 0.25) is 11.8 Å². The molecular formula is C12H18N4O4. The second kappa shape index (κ2) is 4.77. The summed E-state index contributed by atoms with van der Waals surface area (Å²) >= 11 is 0. The molecule has 2 saturated heterocycles. The smallest absolute Gasteiger partial charge is 0.300 e. The number of hydrogen-bond acceptors (Lipinski definition) is 4. The van der Waals surface area contributed by atoms with Gasteiger partial charge in [-0.25, -0.2) is 19.4 Å². The van der Waals surface area contributed by atoms with Gasteiger partial charge in [-0.05, 0) is 13.8 Å². The first kappa shape index (κ1) is 14.3. The first-order valence-electron chi connectivity index (χ1n) is 6.57. The first-order valence-corrected chi connectivity index (χ1v) is 6.57. The lowest BCUT2D eigenvalue weighted by Gasteiger charge is -2.26. The highest BCUT2D eigenvalue weighted by Crippen LogP contribution is 2.34. The highest BCUT2D eigenvalue weighted by Gasteiger charge is 2.60. The number of carbonyl (C=O) groups excluding carboxylic acids is 4. The molecule has 0 unspecified atom stereocenters. The van der Waals surface area contributed by atoms with Gasteiger partial charge >= 0.3 is 12.1 Å². The van der Waals surface area contributed by atoms with Crippen molar-refractivity contribution in [3.05, 3.63) is 0 Å². The van der Waals surface area contributed by atoms with Gasteiger partial charge in [0.05, 0.1) is 0 Å². The van der Waals surface area contributed by atoms with Crippen LogP contribution < -0.4 is 0 Å². The van der Waals surface area contributed by atoms with Crippen molar-refractivity contribution in [2.75, 3.05) is 13.1 Å². The van der Waals surface area contributed by atoms with Gasteiger partial charge in [-0.2, -0.15) is 0 Å². The van der Waals surface area contributed by atoms with E-state index in [1.54, 1.807) is 13.8 Å². The Morgan fingerprint density at radius 3 is 1.45 bits per heavy atom. The van der Waals surface area contributed by atoms with E-state index in [2.05, 4.69) is 0 Å². The quantitative estimate of drug-likeness (QED) is 0.727. The minimum atomic E-state index is -0.735. The topological polar surface area (TPSA) is 81.2 Å². The molecule has 0 spiro atoms. The number of fused-ring (bicyclic) bond motifs is 1. The van der Waals surface area contributed by atoms with E-state index in [1.165, 1.54) is 23.6 Å². The zero-order valence-corrected chi connectivity index (χ0v) is 12.0. The largest absolute Gasteiger partial charge is 0.337 e. The molecule has 0 N–H and O–H groups in total. The Morgan fingerprint density at radius 1 is 0.850 bits per heavy atom. The third-order valence-corrected chi connectivity index (χ3v) is 3.70. The standard InChI is InChI=1S/C12H18N4O4/c1-5-13-9-10(14(6-2)11(13)19)16(8(4)18)12(20)15(9)7(3)17/h9-10H,5-6H2,1-4H3/t9-,10-/m0/s1. The molecule has 0 aromatic heterocycles. The van der Waals surface area contributed by atoms with Crippen LogP contribution >= 0.6 is 0 Å². The van der Waals surface area contributed by atoms with E-state index in [9.17, 15) is 19.2 Å². The van der Waals surface area contributed by atoms with Crippen LogP contribution in [0.3, 0.4) is 0 Å². The maximum absolute atomic E-state index is 12.3. The van der Waals surface area contributed by atoms with E-state index in [4.69, 9.17) is 0 Å². The number of carbonyl (C=O) groups is 4. The maximum Gasteiger partial charge on any atom is 0.337 e. The number of hydrogen-bond donors (Lipinski definition) is 0. The summed E-state index contributed by atoms with van der Waals surface area (Å²) in [5, 5.41) is 0. The summed E-state index contributed by atoms with van der Waals surface area (Å²) < 4.78 is 0. The number of urea groups is 2. The van der Waals surface area contributed by atoms with Gasteiger partial charge in [0.25, 0.3) is 0 Å². The monoisotopic (exact) mass is 282 g/mol. The number of likely N-dealkylation sites (N-methyl/N-ethyl adjacent to an activating group) is 2. The highest BCUT2D eigenvalue weighted by molar-refractivity contribution is 6.05. The van der Waals surface area contributed by atoms with Crippen molar-refractivity contribution >= 4 is 23.9 Å². The number of rotatable bonds is 2. The lowest BCUT2D eigenvalue weighted by Crippen LogP contribution is -2.48. The molecule has 0 saturated carbocycles. The average molecular weight is 282 g/mol. The number of nitrogens with zero attached hydrogens (tertiary/aromatic N) is 4. The fourth-order valence-corrected chi connectivity index (χ4v) is 2.89. The van der Waals surface area contributed by atoms with Crippen molar-refractivity contribution in [1.29, 1.82) is 0 Å². The number of imide groups is 2. The average Bonchev–Trinajstić information content (AvgIpc) is 2.78. The van der Waals surface area contributed by atoms with Crippen molar-refractivity contribution in [3.63, 3.8) is 0 Å². The predicted octanol–water partition coefficient (Wildman–Crippen LogP) is 0.247. The molecule has 8 nitrogen and oxygen atoms in total. The molecule has 0 aromatic rings. The van der Waals surface area contributed by atoms with Crippen molar-refractivity contribution in [3.8, 4) is 0 Å². The molecule has 2 heterocycles. The second-order valence-corrected chi connectivity index (χ2v) is 4.74. The van der Waals surface area contributed by atoms with E-state index < -0.39 is 30.2 Å². The van der Waals surface area contributed by atoms with Crippen molar-refractivity contribution < 1.29 is 19.2 Å². The fraction of sp³-hybridized carbons (Fsp3) is 0.667. The molecule has 2 rings (SSSR count). The Morgan fingerprint density at radius 2 is 1.20 bits per heavy atom. The van der Waals surface area contributed by atoms with Gasteiger partial charge in [0.15, 0.2) is 12.3 Å². The van der Waals surface area contributed by atoms with E-state index in [0.717, 1.165) is 9.80 Å². The van der Waals surface area contributed by atoms with E-state index in [1.807, 2.05) is 0 Å². The van der Waals surface area contributed by atoms with Crippen molar-refractivity contribution in [1.82, 2.24) is 19.6 Å². The SMILES string of the molecule is CCN1C(=O)N(CC)[C@@H]2[C@@H]1N(C(C)=O)C(=O)N2C(C)=O. The number of amides is 6. The summed E-state index contributed by atoms with van der Waals surface area (Å²) in [5.74, 6) is -0.948. The summed E-state index contributed by atoms with van der Waals surface area (Å²) in [4.78, 5) is 52.9. The van der Waals surface area contributed by atoms with Gasteiger partial charge < -0.3 is 0 Å². The van der Waals surface area contributed by atoms with Crippen molar-refractivity contribution in [2.24, 2.45) is 0 Å². The lowest BCUT2D eigenvalue weighted by atomic mass is 10.3. The van der Waals surface area contributed by atoms with Crippen LogP contribution in [0.25, 0.3) is 0 Å². The molecule has 8 heteroatoms. The summed E-state index contributed by atoms with van der Waals surface area (Å²) in [5.41, 5.74) is 0. The van der Waals surface area contributed by atoms with Crippen LogP contribution in [0.1, 0.15) is 27.7 Å². The molecule has 20 heavy (non-hydrogen) atoms. The fourth-order valence-electron chi connectivity index (χ4n) is 2.89. The van der Waals surface area contributed by atoms with Crippen LogP contribution in [-0.4, -0.2) is 68.9 Å². The van der Waals surface area contributed by atoms with Crippen LogP contribution in [0.2, 0.25) is 0 Å². The molecule has 0 aliphatic carbocycles. The van der Waals surface area contributed by atoms with E-state index in [0.29, 0.717) is 13.1 Å². The maximum atomic E-state index is 12.3. The Labute approximate surface area is 116 Å². The van der Waals surface area contributed by atoms with Gasteiger partial charge in [-0.3, -0.25) is 19.4 Å². The Kier molecular flexibility index (Phi) is 3.41. The minimum Gasteiger partial charge on any atom is -0.300 e. The zero-order chi connectivity index (χ0) is 15.2. The molecule has 2 fully saturated rings. The molecule has 110 valence electrons. The van der Waals surface area contributed by atoms with Crippen LogP contribution in [0, 0.1) is 0 Å². The van der Waals surface area contributed by atoms with Gasteiger partial charge in [-0.15, -0.1) is 0 Å². The predicted molar refractivity (Wildman–Crippen MR) is 68.2 cm³/mol. The molecule has 2 aliphatic rings. The summed E-state index contributed by atoms with van der Waals surface area (Å²) in [6.07, 6.45) is -1.47. The Bertz CT molecular complexity index is 452. The lowest BCUT2D eigenvalue weighted by molar-refractivity contribution is -0.129. The van der Waals surface area contributed by atoms with Gasteiger partial charge in [0, 0.05) is 26.9 Å². The normalized spacial score (nSPS) is 25.6. The van der Waals surface area contributed by atoms with Gasteiger partial charge in [0.1, 0.15) is 0 Å². The van der Waals surface area contributed by atoms with Gasteiger partial charge in [-0.1, -0.05) is 0 Å². The molecule has 2 atom stereocenters. The van der Waals surface area contributed by atoms with Crippen LogP contribution in [0.5, 0.6) is 0 Å². The van der Waals surface area contributed by atoms with Crippen LogP contribution in [0.4, 0.5) is 9.59 Å². The zero-order valence-electron chi connectivity index (χ0n) is 12.0. The van der Waals surface area contributed by atoms with Crippen molar-refractivity contribution in [2.45, 2.75) is 40.0 Å². The highest BCUT2D eigenvalue weighted by atomic mass is 16.2.